The minimum atomic E-state index is -1.37. The monoisotopic (exact) mass is 305 g/mol. The standard InChI is InChI=1S/C11H13BrFNOS/c1-11(2,3)16(15)14-7-8-5-4-6-9(12)10(8)13/h4-7H,1-3H3/b14-7+/t16-/m0/s1. The lowest BCUT2D eigenvalue weighted by atomic mass is 10.2. The van der Waals surface area contributed by atoms with Crippen molar-refractivity contribution in [3.8, 4) is 0 Å². The Morgan fingerprint density at radius 2 is 2.06 bits per heavy atom. The third kappa shape index (κ3) is 3.49. The molecule has 0 unspecified atom stereocenters. The van der Waals surface area contributed by atoms with Crippen LogP contribution in [0.15, 0.2) is 27.1 Å². The summed E-state index contributed by atoms with van der Waals surface area (Å²) in [4.78, 5) is 0. The van der Waals surface area contributed by atoms with Gasteiger partial charge in [-0.25, -0.2) is 8.60 Å². The molecule has 1 aromatic rings. The van der Waals surface area contributed by atoms with Gasteiger partial charge < -0.3 is 0 Å². The van der Waals surface area contributed by atoms with E-state index in [1.807, 2.05) is 20.8 Å². The summed E-state index contributed by atoms with van der Waals surface area (Å²) in [5.41, 5.74) is 0.326. The first-order valence-corrected chi connectivity index (χ1v) is 6.62. The van der Waals surface area contributed by atoms with E-state index in [9.17, 15) is 8.60 Å². The van der Waals surface area contributed by atoms with Crippen LogP contribution in [-0.2, 0) is 11.0 Å². The predicted octanol–water partition coefficient (Wildman–Crippen LogP) is 3.47. The summed E-state index contributed by atoms with van der Waals surface area (Å²) in [5.74, 6) is -0.392. The average molecular weight is 306 g/mol. The molecular formula is C11H13BrFNOS. The Labute approximate surface area is 106 Å². The van der Waals surface area contributed by atoms with Crippen LogP contribution in [0.2, 0.25) is 0 Å². The zero-order valence-corrected chi connectivity index (χ0v) is 11.7. The molecule has 1 rings (SSSR count). The molecule has 16 heavy (non-hydrogen) atoms. The van der Waals surface area contributed by atoms with Crippen molar-refractivity contribution in [3.05, 3.63) is 34.1 Å². The minimum Gasteiger partial charge on any atom is -0.234 e. The van der Waals surface area contributed by atoms with Gasteiger partial charge in [-0.3, -0.25) is 0 Å². The summed E-state index contributed by atoms with van der Waals surface area (Å²) in [5, 5.41) is 0. The van der Waals surface area contributed by atoms with E-state index in [1.54, 1.807) is 18.2 Å². The average Bonchev–Trinajstić information content (AvgIpc) is 2.18. The second-order valence-corrected chi connectivity index (χ2v) is 7.03. The molecule has 0 amide bonds. The highest BCUT2D eigenvalue weighted by Gasteiger charge is 2.18. The molecule has 0 saturated carbocycles. The van der Waals surface area contributed by atoms with Crippen molar-refractivity contribution in [1.29, 1.82) is 0 Å². The number of benzene rings is 1. The van der Waals surface area contributed by atoms with Gasteiger partial charge in [-0.05, 0) is 42.8 Å². The van der Waals surface area contributed by atoms with Crippen molar-refractivity contribution in [2.75, 3.05) is 0 Å². The molecule has 2 nitrogen and oxygen atoms in total. The first-order chi connectivity index (χ1) is 7.32. The van der Waals surface area contributed by atoms with Gasteiger partial charge in [0.1, 0.15) is 16.8 Å². The smallest absolute Gasteiger partial charge is 0.146 e. The highest BCUT2D eigenvalue weighted by Crippen LogP contribution is 2.18. The van der Waals surface area contributed by atoms with Gasteiger partial charge in [0.2, 0.25) is 0 Å². The quantitative estimate of drug-likeness (QED) is 0.769. The van der Waals surface area contributed by atoms with Crippen LogP contribution in [0.3, 0.4) is 0 Å². The van der Waals surface area contributed by atoms with E-state index in [0.717, 1.165) is 0 Å². The number of hydrogen-bond donors (Lipinski definition) is 0. The molecular weight excluding hydrogens is 293 g/mol. The fourth-order valence-corrected chi connectivity index (χ4v) is 1.79. The van der Waals surface area contributed by atoms with Gasteiger partial charge in [-0.2, -0.15) is 4.40 Å². The van der Waals surface area contributed by atoms with Gasteiger partial charge in [0.05, 0.1) is 9.22 Å². The molecule has 0 fully saturated rings. The molecule has 1 atom stereocenters. The van der Waals surface area contributed by atoms with Crippen LogP contribution in [0.4, 0.5) is 4.39 Å². The maximum atomic E-state index is 13.5. The highest BCUT2D eigenvalue weighted by molar-refractivity contribution is 9.10. The molecule has 88 valence electrons. The summed E-state index contributed by atoms with van der Waals surface area (Å²) in [6, 6.07) is 4.89. The predicted molar refractivity (Wildman–Crippen MR) is 69.6 cm³/mol. The fourth-order valence-electron chi connectivity index (χ4n) is 0.883. The molecule has 5 heteroatoms. The lowest BCUT2D eigenvalue weighted by molar-refractivity contribution is 0.619. The van der Waals surface area contributed by atoms with Crippen LogP contribution in [-0.4, -0.2) is 15.2 Å². The van der Waals surface area contributed by atoms with Crippen molar-refractivity contribution in [2.24, 2.45) is 4.40 Å². The molecule has 0 radical (unpaired) electrons. The van der Waals surface area contributed by atoms with Gasteiger partial charge in [0.25, 0.3) is 0 Å². The second kappa shape index (κ2) is 5.19. The highest BCUT2D eigenvalue weighted by atomic mass is 79.9. The minimum absolute atomic E-state index is 0.326. The van der Waals surface area contributed by atoms with Gasteiger partial charge in [-0.1, -0.05) is 12.1 Å². The Morgan fingerprint density at radius 1 is 1.44 bits per heavy atom. The Morgan fingerprint density at radius 3 is 2.62 bits per heavy atom. The molecule has 0 aliphatic heterocycles. The molecule has 0 bridgehead atoms. The number of halogens is 2. The van der Waals surface area contributed by atoms with Crippen LogP contribution in [0, 0.1) is 5.82 Å². The lowest BCUT2D eigenvalue weighted by Crippen LogP contribution is -2.19. The van der Waals surface area contributed by atoms with Crippen LogP contribution in [0.1, 0.15) is 26.3 Å². The first kappa shape index (κ1) is 13.5. The third-order valence-electron chi connectivity index (χ3n) is 1.79. The van der Waals surface area contributed by atoms with Crippen LogP contribution < -0.4 is 0 Å². The molecule has 0 spiro atoms. The first-order valence-electron chi connectivity index (χ1n) is 4.72. The third-order valence-corrected chi connectivity index (χ3v) is 3.75. The normalized spacial score (nSPS) is 14.3. The van der Waals surface area contributed by atoms with Crippen molar-refractivity contribution >= 4 is 33.1 Å². The van der Waals surface area contributed by atoms with Crippen LogP contribution in [0.5, 0.6) is 0 Å². The summed E-state index contributed by atoms with van der Waals surface area (Å²) in [6.07, 6.45) is 1.31. The van der Waals surface area contributed by atoms with Crippen LogP contribution >= 0.6 is 15.9 Å². The van der Waals surface area contributed by atoms with Crippen molar-refractivity contribution in [1.82, 2.24) is 0 Å². The maximum Gasteiger partial charge on any atom is 0.146 e. The zero-order valence-electron chi connectivity index (χ0n) is 9.33. The SMILES string of the molecule is CC(C)(C)[S@](=O)/N=C/c1cccc(Br)c1F. The second-order valence-electron chi connectivity index (χ2n) is 4.24. The van der Waals surface area contributed by atoms with E-state index in [4.69, 9.17) is 0 Å². The molecule has 0 N–H and O–H groups in total. The van der Waals surface area contributed by atoms with Crippen molar-refractivity contribution in [3.63, 3.8) is 0 Å². The van der Waals surface area contributed by atoms with Gasteiger partial charge in [0, 0.05) is 11.8 Å². The summed E-state index contributed by atoms with van der Waals surface area (Å²) in [6.45, 7) is 5.45. The van der Waals surface area contributed by atoms with E-state index < -0.39 is 21.5 Å². The van der Waals surface area contributed by atoms with Gasteiger partial charge >= 0.3 is 0 Å². The Kier molecular flexibility index (Phi) is 4.38. The Balaban J connectivity index is 2.94. The lowest BCUT2D eigenvalue weighted by Gasteiger charge is -2.12. The van der Waals surface area contributed by atoms with Gasteiger partial charge in [-0.15, -0.1) is 0 Å². The number of rotatable bonds is 2. The molecule has 0 aliphatic rings. The summed E-state index contributed by atoms with van der Waals surface area (Å²) >= 11 is 3.08. The fraction of sp³-hybridized carbons (Fsp3) is 0.364. The Hall–Kier alpha value is -0.550. The summed E-state index contributed by atoms with van der Waals surface area (Å²) < 4.78 is 28.9. The van der Waals surface area contributed by atoms with E-state index in [0.29, 0.717) is 10.0 Å². The molecule has 1 aromatic carbocycles. The van der Waals surface area contributed by atoms with Crippen molar-refractivity contribution in [2.45, 2.75) is 25.5 Å². The van der Waals surface area contributed by atoms with Crippen molar-refractivity contribution < 1.29 is 8.60 Å². The largest absolute Gasteiger partial charge is 0.234 e. The molecule has 0 heterocycles. The Bertz CT molecular complexity index is 440. The topological polar surface area (TPSA) is 29.4 Å². The number of hydrogen-bond acceptors (Lipinski definition) is 1. The molecule has 0 aromatic heterocycles. The van der Waals surface area contributed by atoms with E-state index in [-0.39, 0.29) is 0 Å². The van der Waals surface area contributed by atoms with Crippen LogP contribution in [0.25, 0.3) is 0 Å². The zero-order chi connectivity index (χ0) is 12.3. The maximum absolute atomic E-state index is 13.5. The van der Waals surface area contributed by atoms with Gasteiger partial charge in [0.15, 0.2) is 0 Å². The van der Waals surface area contributed by atoms with E-state index in [1.165, 1.54) is 6.21 Å². The number of nitrogens with zero attached hydrogens (tertiary/aromatic N) is 1. The van der Waals surface area contributed by atoms with E-state index >= 15 is 0 Å². The summed E-state index contributed by atoms with van der Waals surface area (Å²) in [7, 11) is -1.37. The molecule has 0 saturated heterocycles. The molecule has 0 aliphatic carbocycles. The van der Waals surface area contributed by atoms with E-state index in [2.05, 4.69) is 20.3 Å².